The summed E-state index contributed by atoms with van der Waals surface area (Å²) in [5.41, 5.74) is 5.96. The molecule has 5 nitrogen and oxygen atoms in total. The molecule has 0 unspecified atom stereocenters. The van der Waals surface area contributed by atoms with Gasteiger partial charge in [-0.25, -0.2) is 8.42 Å². The molecule has 112 valence electrons. The van der Waals surface area contributed by atoms with Gasteiger partial charge < -0.3 is 10.5 Å². The second-order valence-electron chi connectivity index (χ2n) is 4.74. The Hall–Kier alpha value is -0.820. The molecule has 0 atom stereocenters. The van der Waals surface area contributed by atoms with Gasteiger partial charge in [-0.3, -0.25) is 0 Å². The summed E-state index contributed by atoms with van der Waals surface area (Å²) in [5, 5.41) is 0.427. The standard InChI is InChI=1S/C13H19ClN2O3S/c1-2-19-11-5-7-16(8-6-11)20(17,18)13-4-3-10(14)9-12(13)15/h3-4,9,11H,2,5-8,15H2,1H3. The lowest BCUT2D eigenvalue weighted by atomic mass is 10.1. The average Bonchev–Trinajstić information content (AvgIpc) is 2.39. The zero-order chi connectivity index (χ0) is 14.8. The number of sulfonamides is 1. The topological polar surface area (TPSA) is 72.6 Å². The molecular formula is C13H19ClN2O3S. The lowest BCUT2D eigenvalue weighted by molar-refractivity contribution is 0.0290. The third kappa shape index (κ3) is 3.25. The average molecular weight is 319 g/mol. The summed E-state index contributed by atoms with van der Waals surface area (Å²) in [7, 11) is -3.55. The molecule has 1 fully saturated rings. The maximum atomic E-state index is 12.5. The fourth-order valence-electron chi connectivity index (χ4n) is 2.37. The van der Waals surface area contributed by atoms with Gasteiger partial charge in [0.15, 0.2) is 0 Å². The third-order valence-electron chi connectivity index (χ3n) is 3.39. The van der Waals surface area contributed by atoms with E-state index in [1.54, 1.807) is 0 Å². The van der Waals surface area contributed by atoms with Gasteiger partial charge in [-0.1, -0.05) is 11.6 Å². The fourth-order valence-corrected chi connectivity index (χ4v) is 4.12. The van der Waals surface area contributed by atoms with Crippen LogP contribution >= 0.6 is 11.6 Å². The van der Waals surface area contributed by atoms with E-state index in [2.05, 4.69) is 0 Å². The molecule has 0 spiro atoms. The Morgan fingerprint density at radius 1 is 1.40 bits per heavy atom. The molecule has 1 aromatic carbocycles. The Morgan fingerprint density at radius 3 is 2.60 bits per heavy atom. The lowest BCUT2D eigenvalue weighted by Gasteiger charge is -2.31. The summed E-state index contributed by atoms with van der Waals surface area (Å²) in [5.74, 6) is 0. The molecule has 1 aromatic rings. The summed E-state index contributed by atoms with van der Waals surface area (Å²) in [6.45, 7) is 3.50. The van der Waals surface area contributed by atoms with Crippen LogP contribution in [0.25, 0.3) is 0 Å². The first kappa shape index (κ1) is 15.6. The van der Waals surface area contributed by atoms with Gasteiger partial charge in [0, 0.05) is 24.7 Å². The SMILES string of the molecule is CCOC1CCN(S(=O)(=O)c2ccc(Cl)cc2N)CC1. The molecule has 2 N–H and O–H groups in total. The Bertz CT molecular complexity index is 569. The van der Waals surface area contributed by atoms with Gasteiger partial charge in [-0.05, 0) is 38.0 Å². The lowest BCUT2D eigenvalue weighted by Crippen LogP contribution is -2.41. The third-order valence-corrected chi connectivity index (χ3v) is 5.60. The summed E-state index contributed by atoms with van der Waals surface area (Å²) in [6.07, 6.45) is 1.57. The van der Waals surface area contributed by atoms with E-state index in [0.717, 1.165) is 0 Å². The molecule has 20 heavy (non-hydrogen) atoms. The highest BCUT2D eigenvalue weighted by atomic mass is 35.5. The maximum Gasteiger partial charge on any atom is 0.245 e. The molecule has 0 bridgehead atoms. The van der Waals surface area contributed by atoms with Crippen LogP contribution < -0.4 is 5.73 Å². The van der Waals surface area contributed by atoms with E-state index in [1.165, 1.54) is 22.5 Å². The summed E-state index contributed by atoms with van der Waals surface area (Å²) in [6, 6.07) is 4.46. The van der Waals surface area contributed by atoms with Crippen molar-refractivity contribution in [3.8, 4) is 0 Å². The molecule has 1 aliphatic rings. The predicted molar refractivity (Wildman–Crippen MR) is 79.3 cm³/mol. The van der Waals surface area contributed by atoms with Gasteiger partial charge in [0.25, 0.3) is 0 Å². The van der Waals surface area contributed by atoms with Crippen molar-refractivity contribution in [2.75, 3.05) is 25.4 Å². The second kappa shape index (κ2) is 6.30. The molecule has 7 heteroatoms. The second-order valence-corrected chi connectivity index (χ2v) is 7.08. The van der Waals surface area contributed by atoms with Gasteiger partial charge in [0.1, 0.15) is 4.90 Å². The van der Waals surface area contributed by atoms with Crippen LogP contribution in [0, 0.1) is 0 Å². The molecule has 1 saturated heterocycles. The van der Waals surface area contributed by atoms with E-state index in [4.69, 9.17) is 22.1 Å². The van der Waals surface area contributed by atoms with Crippen LogP contribution in [0.3, 0.4) is 0 Å². The van der Waals surface area contributed by atoms with Crippen molar-refractivity contribution in [3.05, 3.63) is 23.2 Å². The van der Waals surface area contributed by atoms with E-state index >= 15 is 0 Å². The van der Waals surface area contributed by atoms with Gasteiger partial charge >= 0.3 is 0 Å². The molecule has 0 radical (unpaired) electrons. The van der Waals surface area contributed by atoms with Crippen LogP contribution in [-0.4, -0.2) is 38.5 Å². The number of anilines is 1. The fraction of sp³-hybridized carbons (Fsp3) is 0.538. The van der Waals surface area contributed by atoms with Crippen molar-refractivity contribution < 1.29 is 13.2 Å². The first-order chi connectivity index (χ1) is 9.45. The Kier molecular flexibility index (Phi) is 4.90. The number of halogens is 1. The largest absolute Gasteiger partial charge is 0.398 e. The number of nitrogen functional groups attached to an aromatic ring is 1. The predicted octanol–water partition coefficient (Wildman–Crippen LogP) is 2.11. The summed E-state index contributed by atoms with van der Waals surface area (Å²) < 4.78 is 32.1. The highest BCUT2D eigenvalue weighted by Crippen LogP contribution is 2.27. The molecule has 0 saturated carbocycles. The number of hydrogen-bond donors (Lipinski definition) is 1. The summed E-state index contributed by atoms with van der Waals surface area (Å²) >= 11 is 5.80. The van der Waals surface area contributed by atoms with E-state index in [-0.39, 0.29) is 16.7 Å². The van der Waals surface area contributed by atoms with Crippen molar-refractivity contribution >= 4 is 27.3 Å². The van der Waals surface area contributed by atoms with E-state index < -0.39 is 10.0 Å². The Morgan fingerprint density at radius 2 is 2.05 bits per heavy atom. The van der Waals surface area contributed by atoms with Crippen LogP contribution in [0.15, 0.2) is 23.1 Å². The first-order valence-corrected chi connectivity index (χ1v) is 8.43. The highest BCUT2D eigenvalue weighted by Gasteiger charge is 2.30. The molecule has 1 aliphatic heterocycles. The molecular weight excluding hydrogens is 300 g/mol. The monoisotopic (exact) mass is 318 g/mol. The number of ether oxygens (including phenoxy) is 1. The Balaban J connectivity index is 2.15. The number of nitrogens with two attached hydrogens (primary N) is 1. The minimum Gasteiger partial charge on any atom is -0.398 e. The van der Waals surface area contributed by atoms with Crippen molar-refractivity contribution in [1.29, 1.82) is 0 Å². The van der Waals surface area contributed by atoms with Crippen molar-refractivity contribution in [2.45, 2.75) is 30.8 Å². The van der Waals surface area contributed by atoms with Gasteiger partial charge in [0.05, 0.1) is 11.8 Å². The van der Waals surface area contributed by atoms with E-state index in [0.29, 0.717) is 37.6 Å². The van der Waals surface area contributed by atoms with Crippen LogP contribution in [0.1, 0.15) is 19.8 Å². The van der Waals surface area contributed by atoms with Crippen molar-refractivity contribution in [2.24, 2.45) is 0 Å². The van der Waals surface area contributed by atoms with Crippen LogP contribution in [0.5, 0.6) is 0 Å². The zero-order valence-corrected chi connectivity index (χ0v) is 13.0. The van der Waals surface area contributed by atoms with Crippen molar-refractivity contribution in [3.63, 3.8) is 0 Å². The molecule has 1 heterocycles. The van der Waals surface area contributed by atoms with Gasteiger partial charge in [-0.2, -0.15) is 4.31 Å². The smallest absolute Gasteiger partial charge is 0.245 e. The quantitative estimate of drug-likeness (QED) is 0.863. The van der Waals surface area contributed by atoms with Crippen molar-refractivity contribution in [1.82, 2.24) is 4.31 Å². The first-order valence-electron chi connectivity index (χ1n) is 6.62. The van der Waals surface area contributed by atoms with Crippen LogP contribution in [0.2, 0.25) is 5.02 Å². The van der Waals surface area contributed by atoms with E-state index in [1.807, 2.05) is 6.92 Å². The highest BCUT2D eigenvalue weighted by molar-refractivity contribution is 7.89. The molecule has 0 amide bonds. The number of benzene rings is 1. The number of rotatable bonds is 4. The molecule has 0 aliphatic carbocycles. The zero-order valence-electron chi connectivity index (χ0n) is 11.4. The Labute approximate surface area is 124 Å². The van der Waals surface area contributed by atoms with Gasteiger partial charge in [0.2, 0.25) is 10.0 Å². The summed E-state index contributed by atoms with van der Waals surface area (Å²) in [4.78, 5) is 0.122. The number of nitrogens with zero attached hydrogens (tertiary/aromatic N) is 1. The maximum absolute atomic E-state index is 12.5. The van der Waals surface area contributed by atoms with Crippen LogP contribution in [-0.2, 0) is 14.8 Å². The molecule has 2 rings (SSSR count). The number of hydrogen-bond acceptors (Lipinski definition) is 4. The minimum atomic E-state index is -3.55. The van der Waals surface area contributed by atoms with E-state index in [9.17, 15) is 8.42 Å². The normalized spacial score (nSPS) is 18.3. The van der Waals surface area contributed by atoms with Gasteiger partial charge in [-0.15, -0.1) is 0 Å². The molecule has 0 aromatic heterocycles. The number of piperidine rings is 1. The van der Waals surface area contributed by atoms with Crippen LogP contribution in [0.4, 0.5) is 5.69 Å². The minimum absolute atomic E-state index is 0.122.